The number of carbonyl (C=O) groups excluding carboxylic acids is 1. The number of hydrogen-bond donors (Lipinski definition) is 1. The summed E-state index contributed by atoms with van der Waals surface area (Å²) in [4.78, 5) is 14.1. The Labute approximate surface area is 143 Å². The summed E-state index contributed by atoms with van der Waals surface area (Å²) in [6.07, 6.45) is 2.08. The maximum Gasteiger partial charge on any atom is 0.220 e. The number of nitrogens with zero attached hydrogens (tertiary/aromatic N) is 2. The summed E-state index contributed by atoms with van der Waals surface area (Å²) in [6, 6.07) is 19.7. The van der Waals surface area contributed by atoms with Gasteiger partial charge in [0.15, 0.2) is 0 Å². The number of amides is 1. The lowest BCUT2D eigenvalue weighted by atomic mass is 10.1. The molecule has 0 aliphatic carbocycles. The highest BCUT2D eigenvalue weighted by Crippen LogP contribution is 2.10. The fourth-order valence-electron chi connectivity index (χ4n) is 2.45. The molecule has 0 unspecified atom stereocenters. The Bertz CT molecular complexity index is 674. The van der Waals surface area contributed by atoms with Crippen LogP contribution in [0.3, 0.4) is 0 Å². The van der Waals surface area contributed by atoms with Gasteiger partial charge in [-0.1, -0.05) is 30.3 Å². The fourth-order valence-corrected chi connectivity index (χ4v) is 2.45. The normalized spacial score (nSPS) is 10.0. The molecule has 0 atom stereocenters. The Morgan fingerprint density at radius 3 is 2.50 bits per heavy atom. The zero-order chi connectivity index (χ0) is 17.2. The molecule has 0 radical (unpaired) electrons. The van der Waals surface area contributed by atoms with E-state index in [2.05, 4.69) is 35.5 Å². The molecule has 1 amide bonds. The monoisotopic (exact) mass is 321 g/mol. The molecule has 4 heteroatoms. The summed E-state index contributed by atoms with van der Waals surface area (Å²) in [5, 5.41) is 11.7. The third-order valence-corrected chi connectivity index (χ3v) is 3.91. The molecule has 2 aromatic rings. The zero-order valence-corrected chi connectivity index (χ0v) is 14.0. The second-order valence-electron chi connectivity index (χ2n) is 5.77. The lowest BCUT2D eigenvalue weighted by molar-refractivity contribution is -0.121. The largest absolute Gasteiger partial charge is 0.375 e. The van der Waals surface area contributed by atoms with E-state index in [1.165, 1.54) is 5.69 Å². The minimum absolute atomic E-state index is 0.0710. The summed E-state index contributed by atoms with van der Waals surface area (Å²) in [5.41, 5.74) is 2.91. The van der Waals surface area contributed by atoms with Crippen LogP contribution in [0.15, 0.2) is 54.6 Å². The van der Waals surface area contributed by atoms with Crippen LogP contribution in [0.2, 0.25) is 0 Å². The number of aryl methyl sites for hydroxylation is 1. The number of para-hydroxylation sites is 1. The number of nitrogens with one attached hydrogen (secondary N) is 1. The Morgan fingerprint density at radius 1 is 1.12 bits per heavy atom. The molecule has 1 N–H and O–H groups in total. The molecule has 2 rings (SSSR count). The predicted octanol–water partition coefficient (Wildman–Crippen LogP) is 3.13. The Hall–Kier alpha value is -2.80. The van der Waals surface area contributed by atoms with Gasteiger partial charge in [-0.05, 0) is 42.7 Å². The quantitative estimate of drug-likeness (QED) is 0.760. The third kappa shape index (κ3) is 5.77. The van der Waals surface area contributed by atoms with Gasteiger partial charge in [-0.25, -0.2) is 0 Å². The maximum atomic E-state index is 11.9. The molecule has 0 aliphatic heterocycles. The molecule has 0 aliphatic rings. The molecule has 4 nitrogen and oxygen atoms in total. The van der Waals surface area contributed by atoms with Crippen molar-refractivity contribution in [2.24, 2.45) is 0 Å². The Kier molecular flexibility index (Phi) is 6.85. The van der Waals surface area contributed by atoms with E-state index in [-0.39, 0.29) is 5.91 Å². The van der Waals surface area contributed by atoms with E-state index < -0.39 is 0 Å². The summed E-state index contributed by atoms with van der Waals surface area (Å²) >= 11 is 0. The van der Waals surface area contributed by atoms with E-state index in [0.717, 1.165) is 18.5 Å². The van der Waals surface area contributed by atoms with Crippen molar-refractivity contribution in [2.45, 2.75) is 19.3 Å². The molecule has 0 saturated heterocycles. The van der Waals surface area contributed by atoms with E-state index in [1.54, 1.807) is 12.1 Å². The molecule has 24 heavy (non-hydrogen) atoms. The summed E-state index contributed by atoms with van der Waals surface area (Å²) < 4.78 is 0. The van der Waals surface area contributed by atoms with Gasteiger partial charge in [-0.3, -0.25) is 4.79 Å². The van der Waals surface area contributed by atoms with Gasteiger partial charge in [-0.2, -0.15) is 5.26 Å². The van der Waals surface area contributed by atoms with Crippen molar-refractivity contribution in [3.05, 3.63) is 65.7 Å². The van der Waals surface area contributed by atoms with E-state index in [0.29, 0.717) is 24.9 Å². The van der Waals surface area contributed by atoms with Crippen molar-refractivity contribution in [3.63, 3.8) is 0 Å². The van der Waals surface area contributed by atoms with E-state index >= 15 is 0 Å². The highest BCUT2D eigenvalue weighted by Gasteiger charge is 2.03. The first-order chi connectivity index (χ1) is 11.7. The van der Waals surface area contributed by atoms with Gasteiger partial charge in [0.25, 0.3) is 0 Å². The van der Waals surface area contributed by atoms with Crippen molar-refractivity contribution in [2.75, 3.05) is 25.0 Å². The molecular formula is C20H23N3O. The second-order valence-corrected chi connectivity index (χ2v) is 5.77. The van der Waals surface area contributed by atoms with Crippen LogP contribution < -0.4 is 10.2 Å². The second kappa shape index (κ2) is 9.36. The average Bonchev–Trinajstić information content (AvgIpc) is 2.64. The Balaban J connectivity index is 1.62. The third-order valence-electron chi connectivity index (χ3n) is 3.91. The van der Waals surface area contributed by atoms with Crippen LogP contribution in [0.4, 0.5) is 5.69 Å². The van der Waals surface area contributed by atoms with Crippen LogP contribution in [0, 0.1) is 11.3 Å². The minimum atomic E-state index is 0.0710. The number of carbonyl (C=O) groups is 1. The average molecular weight is 321 g/mol. The van der Waals surface area contributed by atoms with E-state index in [1.807, 2.05) is 30.3 Å². The number of nitriles is 1. The maximum absolute atomic E-state index is 11.9. The van der Waals surface area contributed by atoms with Crippen molar-refractivity contribution < 1.29 is 4.79 Å². The highest BCUT2D eigenvalue weighted by atomic mass is 16.1. The molecule has 2 aromatic carbocycles. The van der Waals surface area contributed by atoms with Crippen LogP contribution in [0.5, 0.6) is 0 Å². The number of anilines is 1. The van der Waals surface area contributed by atoms with Crippen molar-refractivity contribution >= 4 is 11.6 Å². The molecule has 0 saturated carbocycles. The lowest BCUT2D eigenvalue weighted by Gasteiger charge is -2.19. The van der Waals surface area contributed by atoms with Gasteiger partial charge in [0.2, 0.25) is 5.91 Å². The highest BCUT2D eigenvalue weighted by molar-refractivity contribution is 5.76. The number of benzene rings is 2. The van der Waals surface area contributed by atoms with Crippen LogP contribution in [0.1, 0.15) is 24.0 Å². The van der Waals surface area contributed by atoms with Crippen molar-refractivity contribution in [3.8, 4) is 6.07 Å². The lowest BCUT2D eigenvalue weighted by Crippen LogP contribution is -2.28. The van der Waals surface area contributed by atoms with Gasteiger partial charge in [-0.15, -0.1) is 0 Å². The molecule has 0 spiro atoms. The Morgan fingerprint density at radius 2 is 1.83 bits per heavy atom. The van der Waals surface area contributed by atoms with Crippen LogP contribution in [0.25, 0.3) is 0 Å². The molecule has 0 bridgehead atoms. The SMILES string of the molecule is CN(CCCNC(=O)CCc1ccc(C#N)cc1)c1ccccc1. The zero-order valence-electron chi connectivity index (χ0n) is 14.0. The fraction of sp³-hybridized carbons (Fsp3) is 0.300. The number of rotatable bonds is 8. The summed E-state index contributed by atoms with van der Waals surface area (Å²) in [6.45, 7) is 1.59. The van der Waals surface area contributed by atoms with Crippen LogP contribution in [-0.4, -0.2) is 26.0 Å². The smallest absolute Gasteiger partial charge is 0.220 e. The minimum Gasteiger partial charge on any atom is -0.375 e. The topological polar surface area (TPSA) is 56.1 Å². The van der Waals surface area contributed by atoms with Gasteiger partial charge in [0.1, 0.15) is 0 Å². The van der Waals surface area contributed by atoms with E-state index in [9.17, 15) is 4.79 Å². The first kappa shape index (κ1) is 17.6. The van der Waals surface area contributed by atoms with Crippen molar-refractivity contribution in [1.82, 2.24) is 5.32 Å². The van der Waals surface area contributed by atoms with Gasteiger partial charge < -0.3 is 10.2 Å². The molecule has 0 aromatic heterocycles. The number of hydrogen-bond acceptors (Lipinski definition) is 3. The first-order valence-corrected chi connectivity index (χ1v) is 8.21. The first-order valence-electron chi connectivity index (χ1n) is 8.21. The molecule has 0 heterocycles. The molecule has 124 valence electrons. The van der Waals surface area contributed by atoms with Crippen LogP contribution >= 0.6 is 0 Å². The van der Waals surface area contributed by atoms with Crippen molar-refractivity contribution in [1.29, 1.82) is 5.26 Å². The van der Waals surface area contributed by atoms with Gasteiger partial charge >= 0.3 is 0 Å². The summed E-state index contributed by atoms with van der Waals surface area (Å²) in [5.74, 6) is 0.0710. The molecular weight excluding hydrogens is 298 g/mol. The van der Waals surface area contributed by atoms with Gasteiger partial charge in [0, 0.05) is 32.2 Å². The van der Waals surface area contributed by atoms with Crippen LogP contribution in [-0.2, 0) is 11.2 Å². The summed E-state index contributed by atoms with van der Waals surface area (Å²) in [7, 11) is 2.06. The van der Waals surface area contributed by atoms with Gasteiger partial charge in [0.05, 0.1) is 11.6 Å². The standard InChI is InChI=1S/C20H23N3O/c1-23(19-6-3-2-4-7-19)15-5-14-22-20(24)13-12-17-8-10-18(16-21)11-9-17/h2-4,6-11H,5,12-15H2,1H3,(H,22,24). The predicted molar refractivity (Wildman–Crippen MR) is 96.8 cm³/mol. The van der Waals surface area contributed by atoms with E-state index in [4.69, 9.17) is 5.26 Å². The molecule has 0 fully saturated rings.